The predicted octanol–water partition coefficient (Wildman–Crippen LogP) is 2.72. The summed E-state index contributed by atoms with van der Waals surface area (Å²) in [5.41, 5.74) is 3.78. The van der Waals surface area contributed by atoms with Crippen LogP contribution in [0.2, 0.25) is 0 Å². The second-order valence-electron chi connectivity index (χ2n) is 7.29. The number of benzene rings is 2. The Bertz CT molecular complexity index is 930. The van der Waals surface area contributed by atoms with E-state index in [0.29, 0.717) is 17.1 Å². The summed E-state index contributed by atoms with van der Waals surface area (Å²) >= 11 is 0. The molecule has 3 aliphatic heterocycles. The molecular formula is C21H23NO6. The summed E-state index contributed by atoms with van der Waals surface area (Å²) in [6, 6.07) is 7.83. The summed E-state index contributed by atoms with van der Waals surface area (Å²) in [6.07, 6.45) is -0.596. The van der Waals surface area contributed by atoms with Gasteiger partial charge in [0, 0.05) is 6.54 Å². The smallest absolute Gasteiger partial charge is 0.231 e. The van der Waals surface area contributed by atoms with Gasteiger partial charge in [-0.2, -0.15) is 0 Å². The number of nitrogens with zero attached hydrogens (tertiary/aromatic N) is 1. The van der Waals surface area contributed by atoms with Gasteiger partial charge in [0.15, 0.2) is 29.3 Å². The molecule has 3 unspecified atom stereocenters. The first-order chi connectivity index (χ1) is 13.6. The van der Waals surface area contributed by atoms with E-state index in [1.807, 2.05) is 24.3 Å². The molecule has 7 heteroatoms. The molecule has 1 N–H and O–H groups in total. The Balaban J connectivity index is 1.68. The molecule has 0 aliphatic carbocycles. The molecule has 0 spiro atoms. The molecule has 0 fully saturated rings. The van der Waals surface area contributed by atoms with Crippen molar-refractivity contribution in [2.24, 2.45) is 0 Å². The Morgan fingerprint density at radius 2 is 1.86 bits per heavy atom. The van der Waals surface area contributed by atoms with Crippen LogP contribution in [0.3, 0.4) is 0 Å². The third-order valence-corrected chi connectivity index (χ3v) is 5.90. The van der Waals surface area contributed by atoms with Crippen molar-refractivity contribution in [1.82, 2.24) is 4.90 Å². The van der Waals surface area contributed by atoms with Crippen LogP contribution in [0, 0.1) is 0 Å². The first-order valence-electron chi connectivity index (χ1n) is 9.33. The third kappa shape index (κ3) is 2.47. The van der Waals surface area contributed by atoms with E-state index in [2.05, 4.69) is 11.9 Å². The Hall–Kier alpha value is -2.48. The maximum Gasteiger partial charge on any atom is 0.231 e. The quantitative estimate of drug-likeness (QED) is 0.852. The van der Waals surface area contributed by atoms with Crippen LogP contribution in [-0.2, 0) is 11.2 Å². The van der Waals surface area contributed by atoms with E-state index in [-0.39, 0.29) is 18.9 Å². The predicted molar refractivity (Wildman–Crippen MR) is 100.0 cm³/mol. The van der Waals surface area contributed by atoms with E-state index in [1.54, 1.807) is 14.2 Å². The largest absolute Gasteiger partial charge is 0.493 e. The zero-order valence-corrected chi connectivity index (χ0v) is 16.1. The van der Waals surface area contributed by atoms with Crippen molar-refractivity contribution in [3.63, 3.8) is 0 Å². The molecule has 3 aliphatic rings. The second kappa shape index (κ2) is 6.55. The SMILES string of the molecule is COc1ccc2c(c1OC)C(O)OC1c3cc4c(cc3CCN(C)C21)OCO4. The monoisotopic (exact) mass is 385 g/mol. The molecule has 0 saturated carbocycles. The van der Waals surface area contributed by atoms with Crippen LogP contribution < -0.4 is 18.9 Å². The van der Waals surface area contributed by atoms with Crippen LogP contribution in [0.25, 0.3) is 0 Å². The summed E-state index contributed by atoms with van der Waals surface area (Å²) in [5.74, 6) is 2.57. The number of rotatable bonds is 2. The fraction of sp³-hybridized carbons (Fsp3) is 0.429. The summed E-state index contributed by atoms with van der Waals surface area (Å²) < 4.78 is 28.3. The molecule has 0 radical (unpaired) electrons. The van der Waals surface area contributed by atoms with Gasteiger partial charge >= 0.3 is 0 Å². The lowest BCUT2D eigenvalue weighted by molar-refractivity contribution is -0.174. The van der Waals surface area contributed by atoms with Crippen LogP contribution in [0.1, 0.15) is 40.7 Å². The summed E-state index contributed by atoms with van der Waals surface area (Å²) in [4.78, 5) is 2.26. The lowest BCUT2D eigenvalue weighted by Gasteiger charge is -2.40. The molecule has 0 bridgehead atoms. The average Bonchev–Trinajstić information content (AvgIpc) is 3.12. The summed E-state index contributed by atoms with van der Waals surface area (Å²) in [5, 5.41) is 10.9. The van der Waals surface area contributed by atoms with Crippen molar-refractivity contribution in [2.45, 2.75) is 24.9 Å². The molecule has 7 nitrogen and oxygen atoms in total. The fourth-order valence-corrected chi connectivity index (χ4v) is 4.55. The van der Waals surface area contributed by atoms with E-state index >= 15 is 0 Å². The maximum atomic E-state index is 10.9. The van der Waals surface area contributed by atoms with Gasteiger partial charge in [0.2, 0.25) is 6.79 Å². The number of aliphatic hydroxyl groups is 1. The number of hydrogen-bond donors (Lipinski definition) is 1. The summed E-state index contributed by atoms with van der Waals surface area (Å²) in [6.45, 7) is 1.08. The van der Waals surface area contributed by atoms with Crippen molar-refractivity contribution in [3.8, 4) is 23.0 Å². The number of likely N-dealkylation sites (N-methyl/N-ethyl adjacent to an activating group) is 1. The molecule has 2 aromatic rings. The highest BCUT2D eigenvalue weighted by Crippen LogP contribution is 2.53. The van der Waals surface area contributed by atoms with Crippen LogP contribution in [0.4, 0.5) is 0 Å². The van der Waals surface area contributed by atoms with Gasteiger partial charge in [0.1, 0.15) is 6.10 Å². The maximum absolute atomic E-state index is 10.9. The standard InChI is InChI=1S/C21H23NO6/c1-22-7-6-11-8-15-16(27-10-26-15)9-13(11)19-18(22)12-4-5-14(24-2)20(25-3)17(12)21(23)28-19/h4-5,8-9,18-19,21,23H,6-7,10H2,1-3H3. The molecule has 0 amide bonds. The van der Waals surface area contributed by atoms with Crippen molar-refractivity contribution in [1.29, 1.82) is 0 Å². The number of hydrogen-bond acceptors (Lipinski definition) is 7. The van der Waals surface area contributed by atoms with Gasteiger partial charge < -0.3 is 28.8 Å². The van der Waals surface area contributed by atoms with Gasteiger partial charge in [-0.25, -0.2) is 0 Å². The van der Waals surface area contributed by atoms with Crippen LogP contribution in [0.15, 0.2) is 24.3 Å². The first kappa shape index (κ1) is 17.6. The molecule has 148 valence electrons. The van der Waals surface area contributed by atoms with E-state index < -0.39 is 6.29 Å². The minimum atomic E-state index is -1.12. The minimum absolute atomic E-state index is 0.0696. The molecular weight excluding hydrogens is 362 g/mol. The van der Waals surface area contributed by atoms with E-state index in [4.69, 9.17) is 23.7 Å². The molecule has 5 rings (SSSR count). The van der Waals surface area contributed by atoms with E-state index in [1.165, 1.54) is 0 Å². The third-order valence-electron chi connectivity index (χ3n) is 5.90. The van der Waals surface area contributed by atoms with Gasteiger partial charge in [-0.05, 0) is 48.4 Å². The lowest BCUT2D eigenvalue weighted by Crippen LogP contribution is -2.35. The minimum Gasteiger partial charge on any atom is -0.493 e. The average molecular weight is 385 g/mol. The van der Waals surface area contributed by atoms with Crippen molar-refractivity contribution < 1.29 is 28.8 Å². The van der Waals surface area contributed by atoms with Crippen molar-refractivity contribution in [2.75, 3.05) is 34.6 Å². The molecule has 3 heterocycles. The van der Waals surface area contributed by atoms with Gasteiger partial charge in [-0.1, -0.05) is 6.07 Å². The Labute approximate surface area is 163 Å². The zero-order valence-electron chi connectivity index (χ0n) is 16.1. The number of fused-ring (bicyclic) bond motifs is 6. The highest BCUT2D eigenvalue weighted by Gasteiger charge is 2.43. The fourth-order valence-electron chi connectivity index (χ4n) is 4.55. The van der Waals surface area contributed by atoms with Crippen LogP contribution >= 0.6 is 0 Å². The molecule has 2 aromatic carbocycles. The Kier molecular flexibility index (Phi) is 4.12. The van der Waals surface area contributed by atoms with Crippen molar-refractivity contribution in [3.05, 3.63) is 46.5 Å². The summed E-state index contributed by atoms with van der Waals surface area (Å²) in [7, 11) is 5.23. The highest BCUT2D eigenvalue weighted by atomic mass is 16.7. The molecule has 0 aromatic heterocycles. The number of methoxy groups -OCH3 is 2. The van der Waals surface area contributed by atoms with E-state index in [0.717, 1.165) is 41.2 Å². The van der Waals surface area contributed by atoms with E-state index in [9.17, 15) is 5.11 Å². The zero-order chi connectivity index (χ0) is 19.4. The highest BCUT2D eigenvalue weighted by molar-refractivity contribution is 5.56. The van der Waals surface area contributed by atoms with Crippen LogP contribution in [-0.4, -0.2) is 44.6 Å². The molecule has 28 heavy (non-hydrogen) atoms. The first-order valence-corrected chi connectivity index (χ1v) is 9.33. The van der Waals surface area contributed by atoms with Crippen LogP contribution in [0.5, 0.6) is 23.0 Å². The number of aliphatic hydroxyl groups excluding tert-OH is 1. The Morgan fingerprint density at radius 1 is 1.07 bits per heavy atom. The van der Waals surface area contributed by atoms with Crippen molar-refractivity contribution >= 4 is 0 Å². The second-order valence-corrected chi connectivity index (χ2v) is 7.29. The molecule has 0 saturated heterocycles. The normalized spacial score (nSPS) is 25.4. The van der Waals surface area contributed by atoms with Gasteiger partial charge in [-0.3, -0.25) is 4.90 Å². The van der Waals surface area contributed by atoms with Gasteiger partial charge in [0.25, 0.3) is 0 Å². The topological polar surface area (TPSA) is 69.6 Å². The number of ether oxygens (including phenoxy) is 5. The lowest BCUT2D eigenvalue weighted by atomic mass is 9.87. The Morgan fingerprint density at radius 3 is 2.61 bits per heavy atom. The van der Waals surface area contributed by atoms with Gasteiger partial charge in [-0.15, -0.1) is 0 Å². The van der Waals surface area contributed by atoms with Gasteiger partial charge in [0.05, 0.1) is 25.8 Å². The molecule has 3 atom stereocenters.